The lowest BCUT2D eigenvalue weighted by Gasteiger charge is -2.35. The number of hydrogen-bond acceptors (Lipinski definition) is 11. The summed E-state index contributed by atoms with van der Waals surface area (Å²) in [6.45, 7) is 7.55. The number of amides is 4. The van der Waals surface area contributed by atoms with Crippen LogP contribution in [0.3, 0.4) is 0 Å². The highest BCUT2D eigenvalue weighted by Gasteiger charge is 2.35. The van der Waals surface area contributed by atoms with Gasteiger partial charge in [0.2, 0.25) is 0 Å². The summed E-state index contributed by atoms with van der Waals surface area (Å²) in [6.07, 6.45) is -4.50. The third-order valence-electron chi connectivity index (χ3n) is 8.95. The molecule has 60 heavy (non-hydrogen) atoms. The van der Waals surface area contributed by atoms with E-state index in [0.717, 1.165) is 34.0 Å². The number of carbonyl (C=O) groups excluding carboxylic acids is 2. The van der Waals surface area contributed by atoms with Gasteiger partial charge in [0, 0.05) is 83.2 Å². The molecule has 4 amide bonds. The number of rotatable bonds is 7. The van der Waals surface area contributed by atoms with Crippen LogP contribution in [0.4, 0.5) is 59.5 Å². The van der Waals surface area contributed by atoms with Gasteiger partial charge in [0.1, 0.15) is 23.6 Å². The highest BCUT2D eigenvalue weighted by atomic mass is 32.1. The second-order valence-electron chi connectivity index (χ2n) is 13.3. The summed E-state index contributed by atoms with van der Waals surface area (Å²) in [5.41, 5.74) is 5.12. The first-order chi connectivity index (χ1) is 26.9. The Bertz CT molecular complexity index is 1800. The van der Waals surface area contributed by atoms with Gasteiger partial charge in [0.25, 0.3) is 0 Å². The fraction of sp³-hybridized carbons (Fsp3) is 0.526. The molecule has 4 aliphatic heterocycles. The van der Waals surface area contributed by atoms with Gasteiger partial charge in [-0.15, -0.1) is 0 Å². The predicted octanol–water partition coefficient (Wildman–Crippen LogP) is 6.38. The maximum Gasteiger partial charge on any atom is 0.414 e. The van der Waals surface area contributed by atoms with Crippen molar-refractivity contribution in [2.75, 3.05) is 98.1 Å². The van der Waals surface area contributed by atoms with Crippen LogP contribution < -0.4 is 30.7 Å². The van der Waals surface area contributed by atoms with Gasteiger partial charge < -0.3 is 50.3 Å². The van der Waals surface area contributed by atoms with Gasteiger partial charge in [-0.05, 0) is 25.6 Å². The number of thiocarbonyl (C=S) groups is 2. The summed E-state index contributed by atoms with van der Waals surface area (Å²) in [5, 5.41) is 20.8. The van der Waals surface area contributed by atoms with E-state index in [9.17, 15) is 36.7 Å². The monoisotopic (exact) mass is 892 g/mol. The van der Waals surface area contributed by atoms with Crippen molar-refractivity contribution < 1.29 is 56.4 Å². The van der Waals surface area contributed by atoms with Gasteiger partial charge in [-0.25, -0.2) is 36.7 Å². The van der Waals surface area contributed by atoms with Crippen LogP contribution in [0.5, 0.6) is 0 Å². The van der Waals surface area contributed by atoms with E-state index in [0.29, 0.717) is 11.5 Å². The SMILES string of the molecule is C.C.C.CC(=S)NC[C@H]1CN(c2cc(F)c(N3CCN(C(=O)O)CC3)c(F)c2)C(=O)O1.CC(C)=S.NC[C@H]1CN(c2cc(F)c(N3CCN(C(=O)O)CC3)c(F)c2)C(=O)O1. The first-order valence-electron chi connectivity index (χ1n) is 17.7. The van der Waals surface area contributed by atoms with Crippen LogP contribution in [0.2, 0.25) is 0 Å². The predicted molar refractivity (Wildman–Crippen MR) is 231 cm³/mol. The summed E-state index contributed by atoms with van der Waals surface area (Å²) in [5.74, 6) is -3.27. The average molecular weight is 893 g/mol. The van der Waals surface area contributed by atoms with E-state index in [2.05, 4.69) is 17.5 Å². The number of nitrogens with zero attached hydrogens (tertiary/aromatic N) is 6. The number of anilines is 4. The quantitative estimate of drug-likeness (QED) is 0.177. The second kappa shape index (κ2) is 23.5. The minimum atomic E-state index is -1.06. The van der Waals surface area contributed by atoms with Crippen molar-refractivity contribution in [1.82, 2.24) is 15.1 Å². The van der Waals surface area contributed by atoms with Crippen LogP contribution in [-0.2, 0) is 9.47 Å². The normalized spacial score (nSPS) is 18.3. The highest BCUT2D eigenvalue weighted by molar-refractivity contribution is 7.80. The van der Waals surface area contributed by atoms with Gasteiger partial charge in [-0.3, -0.25) is 9.80 Å². The topological polar surface area (TPSA) is 185 Å². The van der Waals surface area contributed by atoms with Crippen molar-refractivity contribution >= 4 is 81.4 Å². The molecule has 0 radical (unpaired) electrons. The molecule has 2 aromatic carbocycles. The maximum absolute atomic E-state index is 14.7. The lowest BCUT2D eigenvalue weighted by atomic mass is 10.2. The van der Waals surface area contributed by atoms with Gasteiger partial charge in [-0.2, -0.15) is 0 Å². The summed E-state index contributed by atoms with van der Waals surface area (Å²) in [7, 11) is 0. The maximum atomic E-state index is 14.7. The first-order valence-corrected chi connectivity index (χ1v) is 18.5. The summed E-state index contributed by atoms with van der Waals surface area (Å²) < 4.78 is 68.5. The average Bonchev–Trinajstić information content (AvgIpc) is 3.72. The number of carbonyl (C=O) groups is 4. The number of benzene rings is 2. The Morgan fingerprint density at radius 3 is 1.28 bits per heavy atom. The Balaban J connectivity index is 0.000000529. The van der Waals surface area contributed by atoms with Crippen molar-refractivity contribution in [2.45, 2.75) is 55.3 Å². The van der Waals surface area contributed by atoms with E-state index >= 15 is 0 Å². The smallest absolute Gasteiger partial charge is 0.414 e. The highest BCUT2D eigenvalue weighted by Crippen LogP contribution is 2.33. The van der Waals surface area contributed by atoms with Crippen LogP contribution in [0.15, 0.2) is 24.3 Å². The molecular weight excluding hydrogens is 837 g/mol. The molecule has 4 saturated heterocycles. The van der Waals surface area contributed by atoms with Gasteiger partial charge >= 0.3 is 24.4 Å². The number of ether oxygens (including phenoxy) is 2. The molecule has 0 aliphatic carbocycles. The van der Waals surface area contributed by atoms with Gasteiger partial charge in [0.05, 0.1) is 36.0 Å². The Labute approximate surface area is 358 Å². The van der Waals surface area contributed by atoms with E-state index in [4.69, 9.17) is 37.6 Å². The summed E-state index contributed by atoms with van der Waals surface area (Å²) in [6, 6.07) is 4.32. The molecule has 6 rings (SSSR count). The van der Waals surface area contributed by atoms with Crippen LogP contribution >= 0.6 is 24.4 Å². The molecular formula is C38H56F4N8O8S2. The third-order valence-corrected chi connectivity index (χ3v) is 9.09. The van der Waals surface area contributed by atoms with Crippen molar-refractivity contribution in [1.29, 1.82) is 0 Å². The number of halogens is 4. The Morgan fingerprint density at radius 2 is 1.00 bits per heavy atom. The number of piperazine rings is 2. The lowest BCUT2D eigenvalue weighted by molar-refractivity contribution is 0.141. The number of nitrogens with one attached hydrogen (secondary N) is 1. The zero-order chi connectivity index (χ0) is 42.1. The van der Waals surface area contributed by atoms with Gasteiger partial charge in [0.15, 0.2) is 23.3 Å². The van der Waals surface area contributed by atoms with Crippen LogP contribution in [0.25, 0.3) is 0 Å². The summed E-state index contributed by atoms with van der Waals surface area (Å²) in [4.78, 5) is 54.9. The number of carboxylic acid groups (broad SMARTS) is 2. The molecule has 5 N–H and O–H groups in total. The van der Waals surface area contributed by atoms with Crippen molar-refractivity contribution in [3.63, 3.8) is 0 Å². The molecule has 16 nitrogen and oxygen atoms in total. The molecule has 0 bridgehead atoms. The zero-order valence-corrected chi connectivity index (χ0v) is 33.0. The van der Waals surface area contributed by atoms with Crippen LogP contribution in [0, 0.1) is 23.3 Å². The van der Waals surface area contributed by atoms with E-state index < -0.39 is 59.8 Å². The van der Waals surface area contributed by atoms with E-state index in [-0.39, 0.29) is 117 Å². The molecule has 336 valence electrons. The number of cyclic esters (lactones) is 2. The molecule has 0 spiro atoms. The first kappa shape index (κ1) is 52.8. The Hall–Kier alpha value is -5.22. The van der Waals surface area contributed by atoms with E-state index in [1.54, 1.807) is 6.92 Å². The van der Waals surface area contributed by atoms with E-state index in [1.165, 1.54) is 24.5 Å². The molecule has 4 fully saturated rings. The van der Waals surface area contributed by atoms with E-state index in [1.807, 2.05) is 13.8 Å². The standard InChI is InChI=1S/C17H20F2N4O4S.C15H18F2N4O4.C3H6S.3CH4/c1-10(28)20-8-12-9-23(17(26)27-12)11-6-13(18)15(14(19)7-11)21-2-4-22(5-3-21)16(24)25;16-11-5-9(21-8-10(7-18)25-15(21)24)6-12(17)13(11)19-1-3-20(4-2-19)14(22)23;1-3(2)4;;;/h6-7,12H,2-5,8-9H2,1H3,(H,20,28)(H,24,25);5-6,10H,1-4,7-8,18H2,(H,22,23);1-2H3;3*1H4/t12-;10-;;;;/m00..../s1. The molecule has 2 atom stereocenters. The second-order valence-corrected chi connectivity index (χ2v) is 14.8. The third kappa shape index (κ3) is 13.7. The Morgan fingerprint density at radius 1 is 0.683 bits per heavy atom. The molecule has 4 aliphatic rings. The fourth-order valence-electron chi connectivity index (χ4n) is 6.21. The van der Waals surface area contributed by atoms with Crippen molar-refractivity contribution in [3.8, 4) is 0 Å². The molecule has 0 saturated carbocycles. The van der Waals surface area contributed by atoms with Gasteiger partial charge in [-0.1, -0.05) is 46.7 Å². The Kier molecular flexibility index (Phi) is 20.7. The zero-order valence-electron chi connectivity index (χ0n) is 31.4. The largest absolute Gasteiger partial charge is 0.465 e. The van der Waals surface area contributed by atoms with Crippen molar-refractivity contribution in [2.24, 2.45) is 5.73 Å². The minimum Gasteiger partial charge on any atom is -0.465 e. The molecule has 2 aromatic rings. The molecule has 0 aromatic heterocycles. The van der Waals surface area contributed by atoms with Crippen LogP contribution in [-0.4, -0.2) is 145 Å². The molecule has 22 heteroatoms. The van der Waals surface area contributed by atoms with Crippen LogP contribution in [0.1, 0.15) is 43.1 Å². The minimum absolute atomic E-state index is 0. The summed E-state index contributed by atoms with van der Waals surface area (Å²) >= 11 is 9.45. The molecule has 0 unspecified atom stereocenters. The fourth-order valence-corrected chi connectivity index (χ4v) is 6.30. The number of hydrogen-bond donors (Lipinski definition) is 4. The van der Waals surface area contributed by atoms with Crippen molar-refractivity contribution in [3.05, 3.63) is 47.5 Å². The number of nitrogens with two attached hydrogens (primary N) is 1. The lowest BCUT2D eigenvalue weighted by Crippen LogP contribution is -2.48. The molecule has 4 heterocycles.